The van der Waals surface area contributed by atoms with Gasteiger partial charge in [-0.15, -0.1) is 0 Å². The minimum Gasteiger partial charge on any atom is -0.250 e. The highest BCUT2D eigenvalue weighted by molar-refractivity contribution is 8.02. The fourth-order valence-corrected chi connectivity index (χ4v) is 6.12. The minimum absolute atomic E-state index is 0.106. The van der Waals surface area contributed by atoms with Crippen molar-refractivity contribution in [1.29, 1.82) is 0 Å². The van der Waals surface area contributed by atoms with E-state index in [-0.39, 0.29) is 15.6 Å². The number of rotatable bonds is 0. The first-order valence-electron chi connectivity index (χ1n) is 6.21. The van der Waals surface area contributed by atoms with E-state index >= 15 is 0 Å². The van der Waals surface area contributed by atoms with Crippen molar-refractivity contribution in [3.8, 4) is 0 Å². The fourth-order valence-electron chi connectivity index (χ4n) is 2.38. The zero-order valence-corrected chi connectivity index (χ0v) is 14.6. The first-order valence-corrected chi connectivity index (χ1v) is 12.0. The maximum atomic E-state index is 12.7. The van der Waals surface area contributed by atoms with Crippen molar-refractivity contribution in [2.75, 3.05) is 18.8 Å². The molecule has 0 aliphatic carbocycles. The first kappa shape index (κ1) is 15.4. The highest BCUT2D eigenvalue weighted by Crippen LogP contribution is 2.41. The second-order valence-electron chi connectivity index (χ2n) is 5.41. The maximum Gasteiger partial charge on any atom is 0.211 e. The van der Waals surface area contributed by atoms with Crippen LogP contribution in [0, 0.1) is 0 Å². The van der Waals surface area contributed by atoms with E-state index in [1.165, 1.54) is 30.2 Å². The Morgan fingerprint density at radius 2 is 1.77 bits per heavy atom. The molecule has 1 aromatic carbocycles. The van der Waals surface area contributed by atoms with Crippen molar-refractivity contribution in [2.24, 2.45) is 8.76 Å². The molecule has 6 nitrogen and oxygen atoms in total. The van der Waals surface area contributed by atoms with Crippen molar-refractivity contribution < 1.29 is 16.8 Å². The van der Waals surface area contributed by atoms with Gasteiger partial charge in [0.05, 0.1) is 14.6 Å². The summed E-state index contributed by atoms with van der Waals surface area (Å²) in [5.41, 5.74) is 0.814. The molecule has 0 radical (unpaired) electrons. The number of nitrogens with zero attached hydrogens (tertiary/aromatic N) is 2. The predicted molar refractivity (Wildman–Crippen MR) is 90.5 cm³/mol. The normalized spacial score (nSPS) is 25.9. The Labute approximate surface area is 130 Å². The molecule has 3 rings (SSSR count). The lowest BCUT2D eigenvalue weighted by Gasteiger charge is -2.11. The Hall–Kier alpha value is -1.45. The smallest absolute Gasteiger partial charge is 0.211 e. The molecule has 0 N–H and O–H groups in total. The average Bonchev–Trinajstić information content (AvgIpc) is 2.55. The SMILES string of the molecule is CS1(=O)=CC2=C(C(N=S(C)(C)=O)=N1)S(=O)(=O)c1ccccc12. The third-order valence-corrected chi connectivity index (χ3v) is 6.79. The summed E-state index contributed by atoms with van der Waals surface area (Å²) in [7, 11) is -9.23. The lowest BCUT2D eigenvalue weighted by molar-refractivity contribution is 0.604. The fraction of sp³-hybridized carbons (Fsp3) is 0.231. The molecule has 2 heterocycles. The molecule has 118 valence electrons. The number of sulfone groups is 1. The molecule has 22 heavy (non-hydrogen) atoms. The number of hydrogen-bond acceptors (Lipinski definition) is 5. The third kappa shape index (κ3) is 2.42. The van der Waals surface area contributed by atoms with Crippen LogP contribution in [0.25, 0.3) is 5.57 Å². The summed E-state index contributed by atoms with van der Waals surface area (Å²) < 4.78 is 57.7. The summed E-state index contributed by atoms with van der Waals surface area (Å²) in [6.45, 7) is 0. The average molecular weight is 358 g/mol. The highest BCUT2D eigenvalue weighted by atomic mass is 32.2. The second kappa shape index (κ2) is 4.53. The number of benzene rings is 1. The summed E-state index contributed by atoms with van der Waals surface area (Å²) >= 11 is 0. The molecular weight excluding hydrogens is 344 g/mol. The van der Waals surface area contributed by atoms with Crippen LogP contribution in [0.3, 0.4) is 0 Å². The molecule has 0 aromatic heterocycles. The van der Waals surface area contributed by atoms with Crippen LogP contribution >= 0.6 is 0 Å². The Bertz CT molecular complexity index is 1100. The van der Waals surface area contributed by atoms with E-state index in [1.54, 1.807) is 18.2 Å². The van der Waals surface area contributed by atoms with Gasteiger partial charge in [0.2, 0.25) is 9.84 Å². The molecule has 0 spiro atoms. The molecule has 1 aromatic rings. The second-order valence-corrected chi connectivity index (χ2v) is 11.9. The van der Waals surface area contributed by atoms with Crippen LogP contribution in [-0.2, 0) is 29.3 Å². The Morgan fingerprint density at radius 1 is 1.14 bits per heavy atom. The summed E-state index contributed by atoms with van der Waals surface area (Å²) in [5.74, 6) is -0.212. The topological polar surface area (TPSA) is 93.0 Å². The van der Waals surface area contributed by atoms with Crippen molar-refractivity contribution in [3.05, 3.63) is 34.7 Å². The van der Waals surface area contributed by atoms with E-state index in [9.17, 15) is 16.8 Å². The molecule has 0 saturated heterocycles. The maximum absolute atomic E-state index is 12.7. The van der Waals surface area contributed by atoms with E-state index in [2.05, 4.69) is 8.76 Å². The lowest BCUT2D eigenvalue weighted by atomic mass is 10.1. The molecule has 2 aliphatic heterocycles. The zero-order chi connectivity index (χ0) is 16.3. The molecule has 9 heteroatoms. The van der Waals surface area contributed by atoms with Crippen LogP contribution in [-0.4, -0.2) is 46.8 Å². The lowest BCUT2D eigenvalue weighted by Crippen LogP contribution is -2.18. The van der Waals surface area contributed by atoms with Gasteiger partial charge in [-0.25, -0.2) is 16.8 Å². The highest BCUT2D eigenvalue weighted by Gasteiger charge is 2.40. The van der Waals surface area contributed by atoms with Crippen LogP contribution in [0.5, 0.6) is 0 Å². The summed E-state index contributed by atoms with van der Waals surface area (Å²) in [6.07, 6.45) is 4.15. The molecule has 1 unspecified atom stereocenters. The molecular formula is C13H14N2O4S3. The van der Waals surface area contributed by atoms with Crippen LogP contribution < -0.4 is 0 Å². The Kier molecular flexibility index (Phi) is 3.18. The minimum atomic E-state index is -3.81. The Morgan fingerprint density at radius 3 is 2.41 bits per heavy atom. The predicted octanol–water partition coefficient (Wildman–Crippen LogP) is 0.956. The molecule has 2 aliphatic rings. The van der Waals surface area contributed by atoms with Crippen LogP contribution in [0.15, 0.2) is 42.8 Å². The van der Waals surface area contributed by atoms with E-state index < -0.39 is 29.3 Å². The van der Waals surface area contributed by atoms with Crippen molar-refractivity contribution in [3.63, 3.8) is 0 Å². The standard InChI is InChI=1S/C13H14N2O4S3/c1-20(2,16)14-13-12-10(8-21(3,17)15-13)9-6-4-5-7-11(9)22(12,18)19/h4-8H,1-3H3. The van der Waals surface area contributed by atoms with E-state index in [0.29, 0.717) is 11.1 Å². The number of amidine groups is 1. The molecule has 0 saturated carbocycles. The summed E-state index contributed by atoms with van der Waals surface area (Å²) in [6, 6.07) is 6.47. The van der Waals surface area contributed by atoms with Gasteiger partial charge in [0.25, 0.3) is 0 Å². The number of hydrogen-bond donors (Lipinski definition) is 0. The van der Waals surface area contributed by atoms with Gasteiger partial charge >= 0.3 is 0 Å². The number of allylic oxidation sites excluding steroid dienone is 1. The Balaban J connectivity index is 2.47. The third-order valence-electron chi connectivity index (χ3n) is 3.09. The van der Waals surface area contributed by atoms with E-state index in [1.807, 2.05) is 0 Å². The van der Waals surface area contributed by atoms with Gasteiger partial charge in [-0.05, 0) is 6.07 Å². The van der Waals surface area contributed by atoms with Gasteiger partial charge in [-0.2, -0.15) is 8.76 Å². The molecule has 0 amide bonds. The quantitative estimate of drug-likeness (QED) is 0.646. The van der Waals surface area contributed by atoms with Crippen molar-refractivity contribution in [2.45, 2.75) is 4.90 Å². The van der Waals surface area contributed by atoms with E-state index in [0.717, 1.165) is 0 Å². The van der Waals surface area contributed by atoms with Gasteiger partial charge < -0.3 is 0 Å². The zero-order valence-electron chi connectivity index (χ0n) is 12.1. The van der Waals surface area contributed by atoms with Crippen molar-refractivity contribution >= 4 is 46.1 Å². The van der Waals surface area contributed by atoms with Gasteiger partial charge in [0, 0.05) is 45.0 Å². The van der Waals surface area contributed by atoms with Crippen LogP contribution in [0.1, 0.15) is 5.56 Å². The number of fused-ring (bicyclic) bond motifs is 2. The molecule has 0 fully saturated rings. The van der Waals surface area contributed by atoms with Gasteiger partial charge in [0.1, 0.15) is 4.91 Å². The first-order chi connectivity index (χ1) is 10.0. The molecule has 1 atom stereocenters. The van der Waals surface area contributed by atoms with Crippen molar-refractivity contribution in [1.82, 2.24) is 0 Å². The van der Waals surface area contributed by atoms with Crippen LogP contribution in [0.4, 0.5) is 0 Å². The molecule has 0 bridgehead atoms. The largest absolute Gasteiger partial charge is 0.250 e. The van der Waals surface area contributed by atoms with Gasteiger partial charge in [-0.1, -0.05) is 18.2 Å². The van der Waals surface area contributed by atoms with Gasteiger partial charge in [0.15, 0.2) is 5.84 Å². The van der Waals surface area contributed by atoms with Crippen LogP contribution in [0.2, 0.25) is 0 Å². The van der Waals surface area contributed by atoms with Gasteiger partial charge in [-0.3, -0.25) is 0 Å². The summed E-state index contributed by atoms with van der Waals surface area (Å²) in [5, 5.41) is 1.36. The van der Waals surface area contributed by atoms with E-state index in [4.69, 9.17) is 0 Å². The summed E-state index contributed by atoms with van der Waals surface area (Å²) in [4.78, 5) is 0.0286. The monoisotopic (exact) mass is 358 g/mol.